The van der Waals surface area contributed by atoms with Gasteiger partial charge in [-0.3, -0.25) is 0 Å². The van der Waals surface area contributed by atoms with Gasteiger partial charge in [0.2, 0.25) is 0 Å². The fourth-order valence-corrected chi connectivity index (χ4v) is 4.41. The zero-order valence-corrected chi connectivity index (χ0v) is 17.3. The normalized spacial score (nSPS) is 15.7. The van der Waals surface area contributed by atoms with E-state index in [2.05, 4.69) is 6.92 Å². The van der Waals surface area contributed by atoms with Gasteiger partial charge < -0.3 is 0 Å². The van der Waals surface area contributed by atoms with Crippen LogP contribution < -0.4 is 0 Å². The summed E-state index contributed by atoms with van der Waals surface area (Å²) in [5.41, 5.74) is 1.20. The van der Waals surface area contributed by atoms with Crippen LogP contribution in [0, 0.1) is 40.5 Å². The molecule has 0 N–H and O–H groups in total. The highest BCUT2D eigenvalue weighted by Gasteiger charge is 2.25. The van der Waals surface area contributed by atoms with E-state index in [1.807, 2.05) is 0 Å². The summed E-state index contributed by atoms with van der Waals surface area (Å²) < 4.78 is 57.2. The van der Waals surface area contributed by atoms with E-state index in [9.17, 15) is 17.6 Å². The van der Waals surface area contributed by atoms with Gasteiger partial charge in [-0.25, -0.2) is 17.6 Å². The van der Waals surface area contributed by atoms with Crippen LogP contribution in [-0.4, -0.2) is 0 Å². The summed E-state index contributed by atoms with van der Waals surface area (Å²) in [6.45, 7) is 2.12. The second-order valence-electron chi connectivity index (χ2n) is 8.29. The molecule has 0 bridgehead atoms. The lowest BCUT2D eigenvalue weighted by Crippen LogP contribution is -2.18. The molecule has 1 aliphatic carbocycles. The number of benzene rings is 2. The molecule has 1 nitrogen and oxygen atoms in total. The second-order valence-corrected chi connectivity index (χ2v) is 8.29. The quantitative estimate of drug-likeness (QED) is 0.336. The Morgan fingerprint density at radius 2 is 1.70 bits per heavy atom. The smallest absolute Gasteiger partial charge is 0.147 e. The number of hydrogen-bond acceptors (Lipinski definition) is 1. The first-order valence-corrected chi connectivity index (χ1v) is 10.8. The molecule has 0 spiro atoms. The molecule has 30 heavy (non-hydrogen) atoms. The summed E-state index contributed by atoms with van der Waals surface area (Å²) in [5, 5.41) is 8.91. The number of nitrogens with zero attached hydrogens (tertiary/aromatic N) is 1. The van der Waals surface area contributed by atoms with E-state index in [1.54, 1.807) is 6.07 Å². The minimum atomic E-state index is -0.846. The monoisotopic (exact) mass is 417 g/mol. The molecular weight excluding hydrogens is 390 g/mol. The Morgan fingerprint density at radius 1 is 0.967 bits per heavy atom. The molecule has 0 radical (unpaired) electrons. The SMILES string of the molecule is CCCCCCc1cc(F)c(CCC2CCc3c(cc(F)c(C#N)c3F)C2)c(F)c1. The van der Waals surface area contributed by atoms with Crippen molar-refractivity contribution in [2.75, 3.05) is 0 Å². The Morgan fingerprint density at radius 3 is 2.37 bits per heavy atom. The van der Waals surface area contributed by atoms with Crippen LogP contribution in [0.15, 0.2) is 18.2 Å². The summed E-state index contributed by atoms with van der Waals surface area (Å²) >= 11 is 0. The van der Waals surface area contributed by atoms with Crippen molar-refractivity contribution in [3.63, 3.8) is 0 Å². The van der Waals surface area contributed by atoms with Crippen molar-refractivity contribution < 1.29 is 17.6 Å². The lowest BCUT2D eigenvalue weighted by Gasteiger charge is -2.25. The van der Waals surface area contributed by atoms with Gasteiger partial charge in [-0.05, 0) is 85.8 Å². The first kappa shape index (κ1) is 22.3. The van der Waals surface area contributed by atoms with Gasteiger partial charge >= 0.3 is 0 Å². The van der Waals surface area contributed by atoms with Crippen LogP contribution in [0.1, 0.15) is 73.3 Å². The molecule has 2 aromatic carbocycles. The van der Waals surface area contributed by atoms with Crippen molar-refractivity contribution in [2.45, 2.75) is 71.1 Å². The van der Waals surface area contributed by atoms with Gasteiger partial charge in [0, 0.05) is 5.56 Å². The number of hydrogen-bond donors (Lipinski definition) is 0. The molecule has 0 heterocycles. The molecule has 160 valence electrons. The zero-order chi connectivity index (χ0) is 21.7. The third kappa shape index (κ3) is 5.03. The predicted molar refractivity (Wildman–Crippen MR) is 109 cm³/mol. The number of rotatable bonds is 8. The minimum Gasteiger partial charge on any atom is -0.207 e. The number of unbranched alkanes of at least 4 members (excludes halogenated alkanes) is 3. The first-order chi connectivity index (χ1) is 14.4. The maximum atomic E-state index is 14.5. The van der Waals surface area contributed by atoms with Gasteiger partial charge in [-0.15, -0.1) is 0 Å². The standard InChI is InChI=1S/C25H27F4N/c1-2-3-4-5-6-17-12-22(26)20(23(27)13-17)10-8-16-7-9-19-18(11-16)14-24(28)21(15-30)25(19)29/h12-14,16H,2-11H2,1H3. The van der Waals surface area contributed by atoms with Crippen molar-refractivity contribution in [3.05, 3.63) is 69.3 Å². The van der Waals surface area contributed by atoms with Gasteiger partial charge in [0.25, 0.3) is 0 Å². The molecule has 1 unspecified atom stereocenters. The number of halogens is 4. The van der Waals surface area contributed by atoms with Crippen molar-refractivity contribution in [1.29, 1.82) is 5.26 Å². The molecule has 0 aliphatic heterocycles. The van der Waals surface area contributed by atoms with Crippen molar-refractivity contribution in [3.8, 4) is 6.07 Å². The maximum Gasteiger partial charge on any atom is 0.147 e. The van der Waals surface area contributed by atoms with E-state index in [4.69, 9.17) is 5.26 Å². The molecule has 0 amide bonds. The average Bonchev–Trinajstić information content (AvgIpc) is 2.70. The van der Waals surface area contributed by atoms with Crippen molar-refractivity contribution in [2.24, 2.45) is 5.92 Å². The second kappa shape index (κ2) is 10.1. The fraction of sp³-hybridized carbons (Fsp3) is 0.480. The van der Waals surface area contributed by atoms with Crippen LogP contribution in [0.2, 0.25) is 0 Å². The van der Waals surface area contributed by atoms with Gasteiger partial charge in [0.15, 0.2) is 0 Å². The van der Waals surface area contributed by atoms with Crippen LogP contribution >= 0.6 is 0 Å². The summed E-state index contributed by atoms with van der Waals surface area (Å²) in [6.07, 6.45) is 7.22. The minimum absolute atomic E-state index is 0.0929. The lowest BCUT2D eigenvalue weighted by molar-refractivity contribution is 0.408. The topological polar surface area (TPSA) is 23.8 Å². The van der Waals surface area contributed by atoms with Crippen LogP contribution in [0.5, 0.6) is 0 Å². The molecule has 0 saturated heterocycles. The molecule has 0 saturated carbocycles. The third-order valence-corrected chi connectivity index (χ3v) is 6.16. The molecule has 0 fully saturated rings. The summed E-state index contributed by atoms with van der Waals surface area (Å²) in [6, 6.07) is 5.69. The third-order valence-electron chi connectivity index (χ3n) is 6.16. The highest BCUT2D eigenvalue weighted by Crippen LogP contribution is 2.33. The van der Waals surface area contributed by atoms with E-state index >= 15 is 0 Å². The Bertz CT molecular complexity index is 922. The Labute approximate surface area is 175 Å². The van der Waals surface area contributed by atoms with Crippen LogP contribution in [0.25, 0.3) is 0 Å². The maximum absolute atomic E-state index is 14.5. The number of nitriles is 1. The van der Waals surface area contributed by atoms with Crippen LogP contribution in [0.4, 0.5) is 17.6 Å². The molecule has 1 atom stereocenters. The molecule has 3 rings (SSSR count). The highest BCUT2D eigenvalue weighted by molar-refractivity contribution is 5.42. The molecule has 1 aliphatic rings. The summed E-state index contributed by atoms with van der Waals surface area (Å²) in [4.78, 5) is 0. The summed E-state index contributed by atoms with van der Waals surface area (Å²) in [7, 11) is 0. The average molecular weight is 417 g/mol. The number of fused-ring (bicyclic) bond motifs is 1. The van der Waals surface area contributed by atoms with Crippen molar-refractivity contribution in [1.82, 2.24) is 0 Å². The molecule has 5 heteroatoms. The largest absolute Gasteiger partial charge is 0.207 e. The van der Waals surface area contributed by atoms with Gasteiger partial charge in [0.1, 0.15) is 34.9 Å². The Hall–Kier alpha value is -2.35. The predicted octanol–water partition coefficient (Wildman–Crippen LogP) is 6.98. The zero-order valence-electron chi connectivity index (χ0n) is 17.3. The van der Waals surface area contributed by atoms with Crippen molar-refractivity contribution >= 4 is 0 Å². The highest BCUT2D eigenvalue weighted by atomic mass is 19.1. The fourth-order valence-electron chi connectivity index (χ4n) is 4.41. The van der Waals surface area contributed by atoms with E-state index in [0.29, 0.717) is 48.8 Å². The summed E-state index contributed by atoms with van der Waals surface area (Å²) in [5.74, 6) is -2.53. The van der Waals surface area contributed by atoms with E-state index < -0.39 is 28.8 Å². The molecular formula is C25H27F4N. The van der Waals surface area contributed by atoms with E-state index in [-0.39, 0.29) is 17.9 Å². The van der Waals surface area contributed by atoms with Gasteiger partial charge in [0.05, 0.1) is 0 Å². The van der Waals surface area contributed by atoms with Crippen LogP contribution in [-0.2, 0) is 25.7 Å². The molecule has 2 aromatic rings. The number of aryl methyl sites for hydroxylation is 1. The lowest BCUT2D eigenvalue weighted by atomic mass is 9.80. The Kier molecular flexibility index (Phi) is 7.53. The first-order valence-electron chi connectivity index (χ1n) is 10.8. The van der Waals surface area contributed by atoms with E-state index in [0.717, 1.165) is 25.7 Å². The van der Waals surface area contributed by atoms with Crippen LogP contribution in [0.3, 0.4) is 0 Å². The van der Waals surface area contributed by atoms with E-state index in [1.165, 1.54) is 18.2 Å². The molecule has 0 aromatic heterocycles. The Balaban J connectivity index is 1.63. The van der Waals surface area contributed by atoms with Gasteiger partial charge in [-0.2, -0.15) is 5.26 Å². The van der Waals surface area contributed by atoms with Gasteiger partial charge in [-0.1, -0.05) is 26.2 Å².